The Bertz CT molecular complexity index is 447. The van der Waals surface area contributed by atoms with Crippen molar-refractivity contribution in [1.29, 1.82) is 5.41 Å². The molecule has 3 N–H and O–H groups in total. The first-order chi connectivity index (χ1) is 7.25. The van der Waals surface area contributed by atoms with Crippen LogP contribution in [0, 0.1) is 5.41 Å². The van der Waals surface area contributed by atoms with Gasteiger partial charge in [0, 0.05) is 18.0 Å². The van der Waals surface area contributed by atoms with E-state index in [0.29, 0.717) is 0 Å². The lowest BCUT2D eigenvalue weighted by molar-refractivity contribution is 0.687. The van der Waals surface area contributed by atoms with Crippen LogP contribution in [0.4, 0.5) is 0 Å². The van der Waals surface area contributed by atoms with Gasteiger partial charge in [-0.3, -0.25) is 10.1 Å². The second-order valence-electron chi connectivity index (χ2n) is 3.31. The van der Waals surface area contributed by atoms with Crippen LogP contribution in [0.2, 0.25) is 0 Å². The van der Waals surface area contributed by atoms with Crippen LogP contribution in [0.15, 0.2) is 42.7 Å². The van der Waals surface area contributed by atoms with Crippen molar-refractivity contribution in [3.05, 3.63) is 53.9 Å². The zero-order valence-corrected chi connectivity index (χ0v) is 9.45. The predicted molar refractivity (Wildman–Crippen MR) is 66.0 cm³/mol. The van der Waals surface area contributed by atoms with Gasteiger partial charge in [0.2, 0.25) is 0 Å². The van der Waals surface area contributed by atoms with E-state index in [-0.39, 0.29) is 18.2 Å². The molecule has 0 saturated heterocycles. The summed E-state index contributed by atoms with van der Waals surface area (Å²) in [6.07, 6.45) is 3.67. The Morgan fingerprint density at radius 1 is 1.31 bits per heavy atom. The summed E-state index contributed by atoms with van der Waals surface area (Å²) in [5.74, 6) is 0.0978. The number of nitrogens with zero attached hydrogens (tertiary/aromatic N) is 2. The van der Waals surface area contributed by atoms with Crippen LogP contribution in [0.1, 0.15) is 11.1 Å². The maximum absolute atomic E-state index is 7.26. The topological polar surface area (TPSA) is 67.7 Å². The fourth-order valence-corrected chi connectivity index (χ4v) is 1.37. The number of aromatic nitrogens is 2. The highest BCUT2D eigenvalue weighted by Crippen LogP contribution is 2.05. The van der Waals surface area contributed by atoms with Crippen LogP contribution in [0.5, 0.6) is 0 Å². The first-order valence-corrected chi connectivity index (χ1v) is 4.66. The fraction of sp³-hybridized carbons (Fsp3) is 0.0909. The molecule has 2 aromatic rings. The van der Waals surface area contributed by atoms with Crippen LogP contribution < -0.4 is 5.73 Å². The summed E-state index contributed by atoms with van der Waals surface area (Å²) in [6, 6.07) is 9.50. The van der Waals surface area contributed by atoms with Crippen molar-refractivity contribution in [2.45, 2.75) is 6.54 Å². The molecule has 0 aliphatic carbocycles. The van der Waals surface area contributed by atoms with Crippen molar-refractivity contribution in [2.24, 2.45) is 5.73 Å². The molecule has 1 heterocycles. The number of halogens is 1. The summed E-state index contributed by atoms with van der Waals surface area (Å²) in [6.45, 7) is 0.741. The van der Waals surface area contributed by atoms with Crippen molar-refractivity contribution >= 4 is 18.2 Å². The molecule has 4 nitrogen and oxygen atoms in total. The van der Waals surface area contributed by atoms with Gasteiger partial charge in [-0.1, -0.05) is 24.3 Å². The molecule has 0 saturated carbocycles. The molecule has 0 aliphatic heterocycles. The monoisotopic (exact) mass is 236 g/mol. The van der Waals surface area contributed by atoms with E-state index in [1.54, 1.807) is 6.20 Å². The Hall–Kier alpha value is -1.81. The van der Waals surface area contributed by atoms with E-state index in [1.807, 2.05) is 41.2 Å². The third-order valence-electron chi connectivity index (χ3n) is 2.17. The van der Waals surface area contributed by atoms with Crippen LogP contribution in [-0.4, -0.2) is 15.6 Å². The molecular weight excluding hydrogens is 224 g/mol. The highest BCUT2D eigenvalue weighted by molar-refractivity contribution is 5.94. The van der Waals surface area contributed by atoms with Gasteiger partial charge in [0.15, 0.2) is 0 Å². The normalized spacial score (nSPS) is 9.50. The van der Waals surface area contributed by atoms with Gasteiger partial charge in [-0.05, 0) is 11.6 Å². The number of amidine groups is 1. The maximum atomic E-state index is 7.26. The number of hydrogen-bond acceptors (Lipinski definition) is 2. The van der Waals surface area contributed by atoms with Crippen LogP contribution in [0.3, 0.4) is 0 Å². The van der Waals surface area contributed by atoms with E-state index in [1.165, 1.54) is 0 Å². The second-order valence-corrected chi connectivity index (χ2v) is 3.31. The zero-order chi connectivity index (χ0) is 10.7. The Labute approximate surface area is 100 Å². The molecule has 1 aromatic carbocycles. The molecule has 0 radical (unpaired) electrons. The molecule has 5 heteroatoms. The number of rotatable bonds is 3. The molecule has 2 rings (SSSR count). The average Bonchev–Trinajstić information content (AvgIpc) is 2.71. The van der Waals surface area contributed by atoms with Gasteiger partial charge in [-0.25, -0.2) is 0 Å². The largest absolute Gasteiger partial charge is 0.384 e. The lowest BCUT2D eigenvalue weighted by Gasteiger charge is -2.03. The van der Waals surface area contributed by atoms with E-state index in [4.69, 9.17) is 11.1 Å². The fourth-order valence-electron chi connectivity index (χ4n) is 1.37. The number of nitrogens with two attached hydrogens (primary N) is 1. The van der Waals surface area contributed by atoms with Crippen LogP contribution >= 0.6 is 12.4 Å². The van der Waals surface area contributed by atoms with Gasteiger partial charge < -0.3 is 5.73 Å². The smallest absolute Gasteiger partial charge is 0.122 e. The molecule has 0 atom stereocenters. The first-order valence-electron chi connectivity index (χ1n) is 4.66. The Morgan fingerprint density at radius 2 is 2.00 bits per heavy atom. The van der Waals surface area contributed by atoms with E-state index in [2.05, 4.69) is 5.10 Å². The van der Waals surface area contributed by atoms with E-state index >= 15 is 0 Å². The quantitative estimate of drug-likeness (QED) is 0.628. The maximum Gasteiger partial charge on any atom is 0.122 e. The van der Waals surface area contributed by atoms with Gasteiger partial charge in [-0.15, -0.1) is 12.4 Å². The van der Waals surface area contributed by atoms with Gasteiger partial charge >= 0.3 is 0 Å². The average molecular weight is 237 g/mol. The van der Waals surface area contributed by atoms with Gasteiger partial charge in [0.05, 0.1) is 6.54 Å². The van der Waals surface area contributed by atoms with E-state index in [0.717, 1.165) is 17.7 Å². The molecule has 16 heavy (non-hydrogen) atoms. The molecule has 0 amide bonds. The second kappa shape index (κ2) is 5.32. The third-order valence-corrected chi connectivity index (χ3v) is 2.17. The van der Waals surface area contributed by atoms with Gasteiger partial charge in [0.25, 0.3) is 0 Å². The lowest BCUT2D eigenvalue weighted by atomic mass is 10.1. The van der Waals surface area contributed by atoms with Crippen LogP contribution in [0.25, 0.3) is 0 Å². The van der Waals surface area contributed by atoms with Crippen molar-refractivity contribution in [1.82, 2.24) is 9.78 Å². The van der Waals surface area contributed by atoms with Gasteiger partial charge in [0.1, 0.15) is 5.84 Å². The number of nitrogen functional groups attached to an aromatic ring is 1. The molecule has 0 aliphatic rings. The molecule has 0 fully saturated rings. The third kappa shape index (κ3) is 2.84. The minimum atomic E-state index is 0. The van der Waals surface area contributed by atoms with Crippen LogP contribution in [-0.2, 0) is 6.54 Å². The summed E-state index contributed by atoms with van der Waals surface area (Å²) in [5, 5.41) is 11.4. The Kier molecular flexibility index (Phi) is 4.08. The molecule has 0 unspecified atom stereocenters. The molecule has 84 valence electrons. The van der Waals surface area contributed by atoms with Gasteiger partial charge in [-0.2, -0.15) is 5.10 Å². The Balaban J connectivity index is 0.00000128. The van der Waals surface area contributed by atoms with Crippen molar-refractivity contribution in [3.63, 3.8) is 0 Å². The minimum absolute atomic E-state index is 0. The van der Waals surface area contributed by atoms with Crippen molar-refractivity contribution in [3.8, 4) is 0 Å². The molecule has 0 spiro atoms. The number of nitrogens with one attached hydrogen (secondary N) is 1. The number of hydrogen-bond donors (Lipinski definition) is 2. The summed E-state index contributed by atoms with van der Waals surface area (Å²) in [5.41, 5.74) is 7.26. The summed E-state index contributed by atoms with van der Waals surface area (Å²) >= 11 is 0. The van der Waals surface area contributed by atoms with E-state index < -0.39 is 0 Å². The minimum Gasteiger partial charge on any atom is -0.384 e. The highest BCUT2D eigenvalue weighted by Gasteiger charge is 1.97. The Morgan fingerprint density at radius 3 is 2.50 bits per heavy atom. The standard InChI is InChI=1S/C11H12N4.ClH/c12-11(13)10-4-2-9(3-5-10)8-15-7-1-6-14-15;/h1-7H,8H2,(H3,12,13);1H. The molecular formula is C11H13ClN4. The molecule has 1 aromatic heterocycles. The summed E-state index contributed by atoms with van der Waals surface area (Å²) < 4.78 is 1.85. The lowest BCUT2D eigenvalue weighted by Crippen LogP contribution is -2.10. The number of benzene rings is 1. The van der Waals surface area contributed by atoms with Crippen molar-refractivity contribution in [2.75, 3.05) is 0 Å². The zero-order valence-electron chi connectivity index (χ0n) is 8.63. The molecule has 0 bridgehead atoms. The first kappa shape index (κ1) is 12.3. The van der Waals surface area contributed by atoms with E-state index in [9.17, 15) is 0 Å². The van der Waals surface area contributed by atoms with Crippen molar-refractivity contribution < 1.29 is 0 Å². The predicted octanol–water partition coefficient (Wildman–Crippen LogP) is 1.64. The summed E-state index contributed by atoms with van der Waals surface area (Å²) in [4.78, 5) is 0. The highest BCUT2D eigenvalue weighted by atomic mass is 35.5. The summed E-state index contributed by atoms with van der Waals surface area (Å²) in [7, 11) is 0. The SMILES string of the molecule is Cl.N=C(N)c1ccc(Cn2cccn2)cc1.